The second-order valence-electron chi connectivity index (χ2n) is 5.51. The summed E-state index contributed by atoms with van der Waals surface area (Å²) in [5, 5.41) is 20.8. The SMILES string of the molecule is O=C(O)C1(Cn2nnnc2CCC2CCCO2)CC1. The molecule has 1 saturated heterocycles. The van der Waals surface area contributed by atoms with Crippen molar-refractivity contribution in [2.45, 2.75) is 51.2 Å². The number of carboxylic acid groups (broad SMARTS) is 1. The monoisotopic (exact) mass is 266 g/mol. The average Bonchev–Trinajstić information content (AvgIpc) is 2.82. The molecule has 2 aliphatic rings. The Balaban J connectivity index is 1.60. The highest BCUT2D eigenvalue weighted by atomic mass is 16.5. The fourth-order valence-electron chi connectivity index (χ4n) is 2.56. The van der Waals surface area contributed by atoms with Crippen LogP contribution < -0.4 is 0 Å². The molecule has 1 aliphatic carbocycles. The van der Waals surface area contributed by atoms with E-state index < -0.39 is 11.4 Å². The molecule has 1 atom stereocenters. The molecule has 1 aliphatic heterocycles. The van der Waals surface area contributed by atoms with E-state index in [2.05, 4.69) is 15.5 Å². The van der Waals surface area contributed by atoms with Crippen molar-refractivity contribution in [3.63, 3.8) is 0 Å². The molecule has 1 aromatic rings. The molecule has 0 aromatic carbocycles. The number of aromatic nitrogens is 4. The maximum atomic E-state index is 11.2. The standard InChI is InChI=1S/C12H18N4O3/c17-11(18)12(5-6-12)8-16-10(13-14-15-16)4-3-9-2-1-7-19-9/h9H,1-8H2,(H,17,18). The van der Waals surface area contributed by atoms with E-state index in [9.17, 15) is 9.90 Å². The van der Waals surface area contributed by atoms with Gasteiger partial charge in [-0.15, -0.1) is 5.10 Å². The predicted octanol–water partition coefficient (Wildman–Crippen LogP) is 0.649. The van der Waals surface area contributed by atoms with Crippen LogP contribution in [0.4, 0.5) is 0 Å². The largest absolute Gasteiger partial charge is 0.481 e. The molecule has 0 spiro atoms. The van der Waals surface area contributed by atoms with Gasteiger partial charge in [-0.3, -0.25) is 4.79 Å². The van der Waals surface area contributed by atoms with Crippen LogP contribution in [0.5, 0.6) is 0 Å². The van der Waals surface area contributed by atoms with Crippen molar-refractivity contribution in [1.82, 2.24) is 20.2 Å². The van der Waals surface area contributed by atoms with Crippen molar-refractivity contribution < 1.29 is 14.6 Å². The molecular formula is C12H18N4O3. The van der Waals surface area contributed by atoms with Gasteiger partial charge in [0.2, 0.25) is 0 Å². The summed E-state index contributed by atoms with van der Waals surface area (Å²) < 4.78 is 7.22. The first-order valence-electron chi connectivity index (χ1n) is 6.80. The number of carbonyl (C=O) groups is 1. The molecule has 1 aromatic heterocycles. The van der Waals surface area contributed by atoms with E-state index in [0.29, 0.717) is 25.5 Å². The number of tetrazole rings is 1. The minimum Gasteiger partial charge on any atom is -0.481 e. The number of hydrogen-bond acceptors (Lipinski definition) is 5. The van der Waals surface area contributed by atoms with E-state index in [0.717, 1.165) is 38.1 Å². The highest BCUT2D eigenvalue weighted by Crippen LogP contribution is 2.47. The molecule has 7 nitrogen and oxygen atoms in total. The van der Waals surface area contributed by atoms with Crippen molar-refractivity contribution >= 4 is 5.97 Å². The lowest BCUT2D eigenvalue weighted by atomic mass is 10.1. The lowest BCUT2D eigenvalue weighted by molar-refractivity contribution is -0.144. The quantitative estimate of drug-likeness (QED) is 0.813. The Morgan fingerprint density at radius 2 is 2.37 bits per heavy atom. The Bertz CT molecular complexity index is 463. The van der Waals surface area contributed by atoms with Gasteiger partial charge in [-0.05, 0) is 42.5 Å². The summed E-state index contributed by atoms with van der Waals surface area (Å²) in [5.41, 5.74) is -0.631. The van der Waals surface area contributed by atoms with Crippen LogP contribution in [-0.2, 0) is 22.5 Å². The van der Waals surface area contributed by atoms with E-state index in [4.69, 9.17) is 4.74 Å². The number of aliphatic carboxylic acids is 1. The summed E-state index contributed by atoms with van der Waals surface area (Å²) in [6.45, 7) is 1.23. The van der Waals surface area contributed by atoms with Crippen LogP contribution >= 0.6 is 0 Å². The normalized spacial score (nSPS) is 24.5. The predicted molar refractivity (Wildman–Crippen MR) is 64.4 cm³/mol. The van der Waals surface area contributed by atoms with Crippen LogP contribution in [0.15, 0.2) is 0 Å². The molecule has 0 amide bonds. The van der Waals surface area contributed by atoms with Gasteiger partial charge in [0, 0.05) is 13.0 Å². The highest BCUT2D eigenvalue weighted by Gasteiger charge is 2.51. The Morgan fingerprint density at radius 1 is 1.53 bits per heavy atom. The first-order valence-corrected chi connectivity index (χ1v) is 6.80. The van der Waals surface area contributed by atoms with Crippen LogP contribution in [-0.4, -0.2) is 44.0 Å². The third kappa shape index (κ3) is 2.60. The van der Waals surface area contributed by atoms with Gasteiger partial charge in [-0.25, -0.2) is 4.68 Å². The van der Waals surface area contributed by atoms with Gasteiger partial charge in [-0.1, -0.05) is 0 Å². The van der Waals surface area contributed by atoms with Crippen molar-refractivity contribution in [3.8, 4) is 0 Å². The molecule has 2 fully saturated rings. The third-order valence-corrected chi connectivity index (χ3v) is 4.08. The minimum absolute atomic E-state index is 0.305. The van der Waals surface area contributed by atoms with Crippen LogP contribution in [0, 0.1) is 5.41 Å². The number of hydrogen-bond donors (Lipinski definition) is 1. The van der Waals surface area contributed by atoms with Crippen LogP contribution in [0.2, 0.25) is 0 Å². The van der Waals surface area contributed by atoms with Crippen molar-refractivity contribution in [2.24, 2.45) is 5.41 Å². The van der Waals surface area contributed by atoms with E-state index in [1.807, 2.05) is 0 Å². The molecule has 1 unspecified atom stereocenters. The average molecular weight is 266 g/mol. The van der Waals surface area contributed by atoms with Gasteiger partial charge in [0.05, 0.1) is 18.1 Å². The van der Waals surface area contributed by atoms with E-state index in [-0.39, 0.29) is 0 Å². The summed E-state index contributed by atoms with van der Waals surface area (Å²) in [4.78, 5) is 11.2. The van der Waals surface area contributed by atoms with Gasteiger partial charge >= 0.3 is 5.97 Å². The van der Waals surface area contributed by atoms with E-state index in [1.54, 1.807) is 4.68 Å². The zero-order chi connectivity index (χ0) is 13.3. The Labute approximate surface area is 110 Å². The summed E-state index contributed by atoms with van der Waals surface area (Å²) in [6.07, 6.45) is 5.60. The van der Waals surface area contributed by atoms with Gasteiger partial charge in [0.15, 0.2) is 5.82 Å². The molecule has 1 N–H and O–H groups in total. The minimum atomic E-state index is -0.743. The van der Waals surface area contributed by atoms with Crippen LogP contribution in [0.3, 0.4) is 0 Å². The summed E-state index contributed by atoms with van der Waals surface area (Å²) in [7, 11) is 0. The summed E-state index contributed by atoms with van der Waals surface area (Å²) in [5.74, 6) is 0.0242. The first-order chi connectivity index (χ1) is 9.20. The van der Waals surface area contributed by atoms with Crippen molar-refractivity contribution in [1.29, 1.82) is 0 Å². The maximum Gasteiger partial charge on any atom is 0.311 e. The lowest BCUT2D eigenvalue weighted by Gasteiger charge is -2.12. The first kappa shape index (κ1) is 12.5. The fraction of sp³-hybridized carbons (Fsp3) is 0.833. The van der Waals surface area contributed by atoms with E-state index >= 15 is 0 Å². The summed E-state index contributed by atoms with van der Waals surface area (Å²) in [6, 6.07) is 0. The zero-order valence-corrected chi connectivity index (χ0v) is 10.8. The topological polar surface area (TPSA) is 90.1 Å². The van der Waals surface area contributed by atoms with Crippen LogP contribution in [0.1, 0.15) is 37.9 Å². The number of ether oxygens (including phenoxy) is 1. The maximum absolute atomic E-state index is 11.2. The molecule has 2 heterocycles. The summed E-state index contributed by atoms with van der Waals surface area (Å²) >= 11 is 0. The third-order valence-electron chi connectivity index (χ3n) is 4.08. The van der Waals surface area contributed by atoms with E-state index in [1.165, 1.54) is 0 Å². The Hall–Kier alpha value is -1.50. The molecule has 7 heteroatoms. The van der Waals surface area contributed by atoms with Gasteiger partial charge < -0.3 is 9.84 Å². The fourth-order valence-corrected chi connectivity index (χ4v) is 2.56. The number of nitrogens with zero attached hydrogens (tertiary/aromatic N) is 4. The molecular weight excluding hydrogens is 248 g/mol. The number of rotatable bonds is 6. The second-order valence-corrected chi connectivity index (χ2v) is 5.51. The molecule has 104 valence electrons. The second kappa shape index (κ2) is 4.88. The van der Waals surface area contributed by atoms with Gasteiger partial charge in [0.1, 0.15) is 0 Å². The molecule has 1 saturated carbocycles. The number of aryl methyl sites for hydroxylation is 1. The Morgan fingerprint density at radius 3 is 3.00 bits per heavy atom. The smallest absolute Gasteiger partial charge is 0.311 e. The van der Waals surface area contributed by atoms with Gasteiger partial charge in [-0.2, -0.15) is 0 Å². The highest BCUT2D eigenvalue weighted by molar-refractivity contribution is 5.77. The molecule has 0 bridgehead atoms. The molecule has 3 rings (SSSR count). The molecule has 0 radical (unpaired) electrons. The lowest BCUT2D eigenvalue weighted by Crippen LogP contribution is -2.23. The van der Waals surface area contributed by atoms with Crippen molar-refractivity contribution in [2.75, 3.05) is 6.61 Å². The van der Waals surface area contributed by atoms with Crippen molar-refractivity contribution in [3.05, 3.63) is 5.82 Å². The molecule has 19 heavy (non-hydrogen) atoms. The Kier molecular flexibility index (Phi) is 3.22. The van der Waals surface area contributed by atoms with Crippen LogP contribution in [0.25, 0.3) is 0 Å². The zero-order valence-electron chi connectivity index (χ0n) is 10.8. The van der Waals surface area contributed by atoms with Gasteiger partial charge in [0.25, 0.3) is 0 Å². The number of carboxylic acids is 1.